The number of aryl methyl sites for hydroxylation is 2. The molecule has 0 aromatic heterocycles. The van der Waals surface area contributed by atoms with E-state index < -0.39 is 11.9 Å². The van der Waals surface area contributed by atoms with Crippen LogP contribution >= 0.6 is 11.8 Å². The minimum absolute atomic E-state index is 0.179. The number of carboxylic acids is 1. The maximum atomic E-state index is 11.7. The number of ether oxygens (including phenoxy) is 1. The number of thioether (sulfide) groups is 1. The average Bonchev–Trinajstić information content (AvgIpc) is 2.84. The lowest BCUT2D eigenvalue weighted by Gasteiger charge is -2.23. The fourth-order valence-corrected chi connectivity index (χ4v) is 5.39. The highest BCUT2D eigenvalue weighted by Gasteiger charge is 2.27. The van der Waals surface area contributed by atoms with Gasteiger partial charge in [0.05, 0.1) is 19.4 Å². The van der Waals surface area contributed by atoms with Crippen LogP contribution in [0.3, 0.4) is 0 Å². The zero-order valence-electron chi connectivity index (χ0n) is 20.0. The van der Waals surface area contributed by atoms with Crippen LogP contribution in [-0.2, 0) is 27.2 Å². The summed E-state index contributed by atoms with van der Waals surface area (Å²) in [4.78, 5) is 23.2. The Labute approximate surface area is 203 Å². The molecule has 0 aliphatic carbocycles. The van der Waals surface area contributed by atoms with E-state index in [2.05, 4.69) is 36.4 Å². The van der Waals surface area contributed by atoms with Gasteiger partial charge in [0.1, 0.15) is 0 Å². The third-order valence-corrected chi connectivity index (χ3v) is 7.50. The highest BCUT2D eigenvalue weighted by Crippen LogP contribution is 2.38. The van der Waals surface area contributed by atoms with Crippen LogP contribution in [0.2, 0.25) is 0 Å². The van der Waals surface area contributed by atoms with Crippen LogP contribution in [-0.4, -0.2) is 29.9 Å². The maximum absolute atomic E-state index is 11.7. The highest BCUT2D eigenvalue weighted by molar-refractivity contribution is 7.99. The van der Waals surface area contributed by atoms with Crippen molar-refractivity contribution in [3.63, 3.8) is 0 Å². The van der Waals surface area contributed by atoms with Gasteiger partial charge in [-0.25, -0.2) is 0 Å². The number of carbonyl (C=O) groups excluding carboxylic acids is 1. The standard InChI is InChI=1S/C28H38O4S/c1-22(28(30)31)27(33-21-20-26(29)32-2)25-19-13-12-18-24(25)17-11-6-4-3-5-8-14-23-15-9-7-10-16-23/h7,9-10,12-13,15-16,18-19,22,27H,3-6,8,11,14,17,20-21H2,1-2H3,(H,30,31)/t22?,27-/m0/s1. The average molecular weight is 471 g/mol. The van der Waals surface area contributed by atoms with Gasteiger partial charge in [-0.15, -0.1) is 0 Å². The van der Waals surface area contributed by atoms with Crippen molar-refractivity contribution >= 4 is 23.7 Å². The molecule has 2 aromatic carbocycles. The second kappa shape index (κ2) is 15.5. The van der Waals surface area contributed by atoms with E-state index in [-0.39, 0.29) is 17.6 Å². The van der Waals surface area contributed by atoms with Gasteiger partial charge in [-0.05, 0) is 42.4 Å². The summed E-state index contributed by atoms with van der Waals surface area (Å²) in [6.07, 6.45) is 9.70. The maximum Gasteiger partial charge on any atom is 0.307 e. The third kappa shape index (κ3) is 10.0. The smallest absolute Gasteiger partial charge is 0.307 e. The Balaban J connectivity index is 1.81. The minimum atomic E-state index is -0.809. The van der Waals surface area contributed by atoms with Crippen molar-refractivity contribution in [2.45, 2.75) is 70.0 Å². The number of aliphatic carboxylic acids is 1. The molecule has 0 saturated heterocycles. The van der Waals surface area contributed by atoms with Crippen LogP contribution in [0.4, 0.5) is 0 Å². The number of carbonyl (C=O) groups is 2. The first kappa shape index (κ1) is 27.0. The van der Waals surface area contributed by atoms with Gasteiger partial charge in [-0.2, -0.15) is 11.8 Å². The number of carboxylic acid groups (broad SMARTS) is 1. The Morgan fingerprint density at radius 2 is 1.48 bits per heavy atom. The van der Waals surface area contributed by atoms with Crippen LogP contribution in [0, 0.1) is 5.92 Å². The quantitative estimate of drug-likeness (QED) is 0.214. The second-order valence-corrected chi connectivity index (χ2v) is 9.80. The number of hydrogen-bond acceptors (Lipinski definition) is 4. The van der Waals surface area contributed by atoms with E-state index in [9.17, 15) is 14.7 Å². The Morgan fingerprint density at radius 3 is 2.15 bits per heavy atom. The van der Waals surface area contributed by atoms with Gasteiger partial charge in [-0.1, -0.05) is 87.2 Å². The molecule has 180 valence electrons. The molecule has 1 N–H and O–H groups in total. The second-order valence-electron chi connectivity index (χ2n) is 8.55. The van der Waals surface area contributed by atoms with Gasteiger partial charge in [0.25, 0.3) is 0 Å². The van der Waals surface area contributed by atoms with E-state index in [4.69, 9.17) is 4.74 Å². The molecule has 0 fully saturated rings. The van der Waals surface area contributed by atoms with Crippen molar-refractivity contribution in [2.75, 3.05) is 12.9 Å². The van der Waals surface area contributed by atoms with Gasteiger partial charge in [0.15, 0.2) is 0 Å². The SMILES string of the molecule is COC(=O)CCS[C@H](c1ccccc1CCCCCCCCc1ccccc1)C(C)C(=O)O. The Hall–Kier alpha value is -2.27. The summed E-state index contributed by atoms with van der Waals surface area (Å²) in [5, 5.41) is 9.46. The number of esters is 1. The molecule has 0 aliphatic heterocycles. The van der Waals surface area contributed by atoms with Crippen LogP contribution in [0.5, 0.6) is 0 Å². The molecule has 0 bridgehead atoms. The van der Waals surface area contributed by atoms with Crippen LogP contribution in [0.25, 0.3) is 0 Å². The molecular weight excluding hydrogens is 432 g/mol. The van der Waals surface area contributed by atoms with Crippen LogP contribution in [0.1, 0.15) is 73.8 Å². The number of benzene rings is 2. The van der Waals surface area contributed by atoms with E-state index in [0.717, 1.165) is 24.8 Å². The normalized spacial score (nSPS) is 12.8. The lowest BCUT2D eigenvalue weighted by molar-refractivity contribution is -0.141. The number of methoxy groups -OCH3 is 1. The molecule has 5 heteroatoms. The molecule has 33 heavy (non-hydrogen) atoms. The summed E-state index contributed by atoms with van der Waals surface area (Å²) in [5.41, 5.74) is 3.74. The molecule has 4 nitrogen and oxygen atoms in total. The molecule has 2 aromatic rings. The molecule has 0 aliphatic rings. The lowest BCUT2D eigenvalue weighted by Crippen LogP contribution is -2.19. The van der Waals surface area contributed by atoms with E-state index in [1.54, 1.807) is 6.92 Å². The summed E-state index contributed by atoms with van der Waals surface area (Å²) < 4.78 is 4.72. The van der Waals surface area contributed by atoms with Crippen molar-refractivity contribution in [2.24, 2.45) is 5.92 Å². The molecule has 0 spiro atoms. The predicted molar refractivity (Wildman–Crippen MR) is 137 cm³/mol. The van der Waals surface area contributed by atoms with E-state index in [1.165, 1.54) is 62.1 Å². The lowest BCUT2D eigenvalue weighted by atomic mass is 9.93. The van der Waals surface area contributed by atoms with E-state index in [1.807, 2.05) is 18.2 Å². The largest absolute Gasteiger partial charge is 0.481 e. The first-order valence-corrected chi connectivity index (χ1v) is 13.1. The molecule has 0 amide bonds. The minimum Gasteiger partial charge on any atom is -0.481 e. The molecule has 0 saturated carbocycles. The summed E-state index contributed by atoms with van der Waals surface area (Å²) in [5.74, 6) is -1.05. The monoisotopic (exact) mass is 470 g/mol. The first-order chi connectivity index (χ1) is 16.0. The highest BCUT2D eigenvalue weighted by atomic mass is 32.2. The van der Waals surface area contributed by atoms with Crippen LogP contribution in [0.15, 0.2) is 54.6 Å². The zero-order valence-corrected chi connectivity index (χ0v) is 20.8. The summed E-state index contributed by atoms with van der Waals surface area (Å²) in [6.45, 7) is 1.75. The van der Waals surface area contributed by atoms with Gasteiger partial charge < -0.3 is 9.84 Å². The van der Waals surface area contributed by atoms with Crippen molar-refractivity contribution in [1.29, 1.82) is 0 Å². The van der Waals surface area contributed by atoms with Crippen molar-refractivity contribution in [3.8, 4) is 0 Å². The number of hydrogen-bond donors (Lipinski definition) is 1. The molecule has 2 rings (SSSR count). The van der Waals surface area contributed by atoms with Gasteiger partial charge in [-0.3, -0.25) is 9.59 Å². The Kier molecular flexibility index (Phi) is 12.7. The fourth-order valence-electron chi connectivity index (χ4n) is 4.04. The summed E-state index contributed by atoms with van der Waals surface area (Å²) in [6, 6.07) is 18.9. The Bertz CT molecular complexity index is 837. The van der Waals surface area contributed by atoms with Crippen molar-refractivity contribution < 1.29 is 19.4 Å². The van der Waals surface area contributed by atoms with Gasteiger partial charge in [0, 0.05) is 11.0 Å². The molecule has 1 unspecified atom stereocenters. The van der Waals surface area contributed by atoms with Gasteiger partial charge in [0.2, 0.25) is 0 Å². The van der Waals surface area contributed by atoms with Crippen LogP contribution < -0.4 is 0 Å². The number of rotatable bonds is 16. The molecule has 0 radical (unpaired) electrons. The van der Waals surface area contributed by atoms with Gasteiger partial charge >= 0.3 is 11.9 Å². The molecule has 0 heterocycles. The van der Waals surface area contributed by atoms with E-state index >= 15 is 0 Å². The number of unbranched alkanes of at least 4 members (excludes halogenated alkanes) is 5. The fraction of sp³-hybridized carbons (Fsp3) is 0.500. The first-order valence-electron chi connectivity index (χ1n) is 12.1. The van der Waals surface area contributed by atoms with Crippen molar-refractivity contribution in [3.05, 3.63) is 71.3 Å². The predicted octanol–water partition coefficient (Wildman–Crippen LogP) is 6.87. The van der Waals surface area contributed by atoms with Crippen molar-refractivity contribution in [1.82, 2.24) is 0 Å². The summed E-state index contributed by atoms with van der Waals surface area (Å²) in [7, 11) is 1.38. The molecular formula is C28H38O4S. The topological polar surface area (TPSA) is 63.6 Å². The van der Waals surface area contributed by atoms with E-state index in [0.29, 0.717) is 5.75 Å². The molecule has 2 atom stereocenters. The Morgan fingerprint density at radius 1 is 0.879 bits per heavy atom. The summed E-state index contributed by atoms with van der Waals surface area (Å²) >= 11 is 1.54. The third-order valence-electron chi connectivity index (χ3n) is 6.04. The zero-order chi connectivity index (χ0) is 23.9.